The molecule has 2 aromatic carbocycles. The van der Waals surface area contributed by atoms with Crippen molar-refractivity contribution < 1.29 is 38.1 Å². The van der Waals surface area contributed by atoms with Gasteiger partial charge in [0.05, 0.1) is 26.7 Å². The molecule has 0 spiro atoms. The van der Waals surface area contributed by atoms with Gasteiger partial charge < -0.3 is 34.4 Å². The largest absolute Gasteiger partial charge is 0.497 e. The highest BCUT2D eigenvalue weighted by molar-refractivity contribution is 5.87. The molecule has 2 atom stereocenters. The minimum Gasteiger partial charge on any atom is -0.497 e. The minimum absolute atomic E-state index is 0.0589. The lowest BCUT2D eigenvalue weighted by Gasteiger charge is -2.19. The van der Waals surface area contributed by atoms with Crippen molar-refractivity contribution in [2.45, 2.75) is 31.6 Å². The molecule has 0 aliphatic carbocycles. The number of amides is 2. The molecular formula is C26H28N2O9. The molecule has 0 saturated carbocycles. The molecule has 3 rings (SSSR count). The molecular weight excluding hydrogens is 484 g/mol. The molecule has 0 bridgehead atoms. The predicted octanol–water partition coefficient (Wildman–Crippen LogP) is 1.68. The van der Waals surface area contributed by atoms with Gasteiger partial charge in [0.15, 0.2) is 0 Å². The van der Waals surface area contributed by atoms with E-state index in [0.29, 0.717) is 16.7 Å². The fraction of sp³-hybridized carbons (Fsp3) is 0.308. The normalized spacial score (nSPS) is 12.3. The predicted molar refractivity (Wildman–Crippen MR) is 132 cm³/mol. The monoisotopic (exact) mass is 512 g/mol. The molecule has 0 aliphatic rings. The second-order valence-electron chi connectivity index (χ2n) is 8.10. The first kappa shape index (κ1) is 27.2. The van der Waals surface area contributed by atoms with Crippen LogP contribution < -0.4 is 21.0 Å². The molecule has 11 nitrogen and oxygen atoms in total. The van der Waals surface area contributed by atoms with Gasteiger partial charge in [-0.2, -0.15) is 0 Å². The van der Waals surface area contributed by atoms with Gasteiger partial charge in [-0.3, -0.25) is 4.79 Å². The molecule has 11 heteroatoms. The van der Waals surface area contributed by atoms with E-state index < -0.39 is 42.2 Å². The average molecular weight is 513 g/mol. The lowest BCUT2D eigenvalue weighted by atomic mass is 10.0. The second-order valence-corrected chi connectivity index (χ2v) is 8.10. The standard InChI is InChI=1S/C26H28N2O9/c1-34-19-8-9-20-17(11-24(31)37-22(20)13-19)10-21(25(32)35-2)28-23(30)12-18(29)14-27-26(33)36-15-16-6-4-3-5-7-16/h3-9,11,13,18,21,29H,10,12,14-15H2,1-2H3,(H,27,33)(H,28,30)/t18-,21-/m0/s1. The van der Waals surface area contributed by atoms with Crippen LogP contribution in [0.4, 0.5) is 4.79 Å². The quantitative estimate of drug-likeness (QED) is 0.257. The molecule has 37 heavy (non-hydrogen) atoms. The van der Waals surface area contributed by atoms with E-state index in [2.05, 4.69) is 10.6 Å². The summed E-state index contributed by atoms with van der Waals surface area (Å²) in [5, 5.41) is 15.6. The summed E-state index contributed by atoms with van der Waals surface area (Å²) >= 11 is 0. The van der Waals surface area contributed by atoms with Crippen molar-refractivity contribution >= 4 is 28.9 Å². The Morgan fingerprint density at radius 3 is 2.51 bits per heavy atom. The van der Waals surface area contributed by atoms with Gasteiger partial charge in [0.2, 0.25) is 5.91 Å². The molecule has 3 aromatic rings. The third-order valence-corrected chi connectivity index (χ3v) is 5.40. The number of alkyl carbamates (subject to hydrolysis) is 1. The van der Waals surface area contributed by atoms with Crippen LogP contribution in [0.1, 0.15) is 17.5 Å². The van der Waals surface area contributed by atoms with Gasteiger partial charge in [0, 0.05) is 30.5 Å². The summed E-state index contributed by atoms with van der Waals surface area (Å²) in [5.74, 6) is -0.909. The van der Waals surface area contributed by atoms with E-state index in [1.165, 1.54) is 20.3 Å². The van der Waals surface area contributed by atoms with Gasteiger partial charge in [0.25, 0.3) is 0 Å². The average Bonchev–Trinajstić information content (AvgIpc) is 2.89. The van der Waals surface area contributed by atoms with E-state index >= 15 is 0 Å². The molecule has 2 amide bonds. The number of rotatable bonds is 11. The van der Waals surface area contributed by atoms with Crippen molar-refractivity contribution in [1.82, 2.24) is 10.6 Å². The Morgan fingerprint density at radius 2 is 1.81 bits per heavy atom. The van der Waals surface area contributed by atoms with Crippen molar-refractivity contribution in [1.29, 1.82) is 0 Å². The van der Waals surface area contributed by atoms with Crippen LogP contribution in [0.3, 0.4) is 0 Å². The molecule has 0 fully saturated rings. The van der Waals surface area contributed by atoms with Gasteiger partial charge >= 0.3 is 17.7 Å². The maximum Gasteiger partial charge on any atom is 0.407 e. The SMILES string of the molecule is COC(=O)[C@H](Cc1cc(=O)oc2cc(OC)ccc12)NC(=O)C[C@H](O)CNC(=O)OCc1ccccc1. The number of hydrogen-bond acceptors (Lipinski definition) is 9. The number of nitrogens with one attached hydrogen (secondary N) is 2. The fourth-order valence-corrected chi connectivity index (χ4v) is 3.58. The number of fused-ring (bicyclic) bond motifs is 1. The highest BCUT2D eigenvalue weighted by Gasteiger charge is 2.25. The third-order valence-electron chi connectivity index (χ3n) is 5.40. The molecule has 1 aromatic heterocycles. The lowest BCUT2D eigenvalue weighted by molar-refractivity contribution is -0.145. The number of aliphatic hydroxyl groups excluding tert-OH is 1. The summed E-state index contributed by atoms with van der Waals surface area (Å²) in [7, 11) is 2.65. The Balaban J connectivity index is 1.57. The first-order valence-electron chi connectivity index (χ1n) is 11.4. The van der Waals surface area contributed by atoms with Gasteiger partial charge in [-0.25, -0.2) is 14.4 Å². The summed E-state index contributed by atoms with van der Waals surface area (Å²) in [4.78, 5) is 48.8. The van der Waals surface area contributed by atoms with Crippen LogP contribution in [0.2, 0.25) is 0 Å². The van der Waals surface area contributed by atoms with Gasteiger partial charge in [-0.15, -0.1) is 0 Å². The van der Waals surface area contributed by atoms with Crippen LogP contribution in [-0.4, -0.2) is 56.0 Å². The Hall–Kier alpha value is -4.38. The van der Waals surface area contributed by atoms with Crippen molar-refractivity contribution in [2.75, 3.05) is 20.8 Å². The maximum absolute atomic E-state index is 12.5. The van der Waals surface area contributed by atoms with Crippen LogP contribution in [0.5, 0.6) is 5.75 Å². The first-order valence-corrected chi connectivity index (χ1v) is 11.4. The van der Waals surface area contributed by atoms with Crippen LogP contribution in [0.15, 0.2) is 63.8 Å². The highest BCUT2D eigenvalue weighted by Crippen LogP contribution is 2.23. The molecule has 0 saturated heterocycles. The Morgan fingerprint density at radius 1 is 1.05 bits per heavy atom. The Kier molecular flexibility index (Phi) is 9.61. The molecule has 0 aliphatic heterocycles. The maximum atomic E-state index is 12.5. The Labute approximate surface area is 212 Å². The molecule has 196 valence electrons. The van der Waals surface area contributed by atoms with E-state index in [0.717, 1.165) is 5.56 Å². The van der Waals surface area contributed by atoms with Crippen LogP contribution in [-0.2, 0) is 32.1 Å². The molecule has 0 radical (unpaired) electrons. The smallest absolute Gasteiger partial charge is 0.407 e. The molecule has 0 unspecified atom stereocenters. The van der Waals surface area contributed by atoms with E-state index in [9.17, 15) is 24.3 Å². The number of methoxy groups -OCH3 is 2. The minimum atomic E-state index is -1.24. The summed E-state index contributed by atoms with van der Waals surface area (Å²) in [6.07, 6.45) is -2.45. The number of aliphatic hydroxyl groups is 1. The molecule has 1 heterocycles. The highest BCUT2D eigenvalue weighted by atomic mass is 16.5. The zero-order valence-electron chi connectivity index (χ0n) is 20.4. The van der Waals surface area contributed by atoms with E-state index in [-0.39, 0.29) is 25.2 Å². The molecule has 3 N–H and O–H groups in total. The third kappa shape index (κ3) is 8.07. The lowest BCUT2D eigenvalue weighted by Crippen LogP contribution is -2.45. The zero-order chi connectivity index (χ0) is 26.8. The fourth-order valence-electron chi connectivity index (χ4n) is 3.58. The Bertz CT molecular complexity index is 1290. The van der Waals surface area contributed by atoms with Crippen LogP contribution in [0.25, 0.3) is 11.0 Å². The van der Waals surface area contributed by atoms with Crippen molar-refractivity contribution in [3.05, 3.63) is 76.1 Å². The summed E-state index contributed by atoms with van der Waals surface area (Å²) in [6.45, 7) is -0.181. The number of ether oxygens (including phenoxy) is 3. The van der Waals surface area contributed by atoms with Gasteiger partial charge in [0.1, 0.15) is 24.0 Å². The first-order chi connectivity index (χ1) is 17.8. The van der Waals surface area contributed by atoms with Gasteiger partial charge in [-0.1, -0.05) is 30.3 Å². The number of carbonyl (C=O) groups is 3. The van der Waals surface area contributed by atoms with E-state index in [4.69, 9.17) is 18.6 Å². The van der Waals surface area contributed by atoms with E-state index in [1.54, 1.807) is 30.3 Å². The second kappa shape index (κ2) is 13.1. The van der Waals surface area contributed by atoms with Crippen molar-refractivity contribution in [3.63, 3.8) is 0 Å². The van der Waals surface area contributed by atoms with Crippen molar-refractivity contribution in [3.8, 4) is 5.75 Å². The number of hydrogen-bond donors (Lipinski definition) is 3. The van der Waals surface area contributed by atoms with Gasteiger partial charge in [-0.05, 0) is 23.3 Å². The number of benzene rings is 2. The van der Waals surface area contributed by atoms with E-state index in [1.807, 2.05) is 18.2 Å². The summed E-state index contributed by atoms with van der Waals surface area (Å²) in [6, 6.07) is 14.0. The van der Waals surface area contributed by atoms with Crippen LogP contribution >= 0.6 is 0 Å². The number of carbonyl (C=O) groups excluding carboxylic acids is 3. The number of esters is 1. The topological polar surface area (TPSA) is 153 Å². The van der Waals surface area contributed by atoms with Crippen LogP contribution in [0, 0.1) is 0 Å². The van der Waals surface area contributed by atoms with Crippen molar-refractivity contribution in [2.24, 2.45) is 0 Å². The summed E-state index contributed by atoms with van der Waals surface area (Å²) in [5.41, 5.74) is 0.881. The zero-order valence-corrected chi connectivity index (χ0v) is 20.4. The summed E-state index contributed by atoms with van der Waals surface area (Å²) < 4.78 is 20.2.